The van der Waals surface area contributed by atoms with Crippen molar-refractivity contribution in [2.75, 3.05) is 26.7 Å². The number of rotatable bonds is 14. The Morgan fingerprint density at radius 2 is 1.57 bits per heavy atom. The van der Waals surface area contributed by atoms with Crippen molar-refractivity contribution < 1.29 is 19.2 Å². The van der Waals surface area contributed by atoms with Gasteiger partial charge in [-0.2, -0.15) is 0 Å². The smallest absolute Gasteiger partial charge is 0.249 e. The molecule has 44 heavy (non-hydrogen) atoms. The van der Waals surface area contributed by atoms with Crippen LogP contribution in [0.3, 0.4) is 0 Å². The van der Waals surface area contributed by atoms with Crippen molar-refractivity contribution in [1.29, 1.82) is 0 Å². The Labute approximate surface area is 267 Å². The van der Waals surface area contributed by atoms with E-state index in [1.165, 1.54) is 0 Å². The van der Waals surface area contributed by atoms with Gasteiger partial charge < -0.3 is 20.4 Å². The summed E-state index contributed by atoms with van der Waals surface area (Å²) in [6, 6.07) is -1.52. The van der Waals surface area contributed by atoms with Gasteiger partial charge in [0.05, 0.1) is 12.1 Å². The molecule has 2 fully saturated rings. The molecule has 4 atom stereocenters. The second-order valence-electron chi connectivity index (χ2n) is 14.7. The molecule has 9 heteroatoms. The summed E-state index contributed by atoms with van der Waals surface area (Å²) in [5, 5.41) is 6.17. The summed E-state index contributed by atoms with van der Waals surface area (Å²) in [5.74, 6) is -0.475. The van der Waals surface area contributed by atoms with Crippen LogP contribution >= 0.6 is 0 Å². The largest absolute Gasteiger partial charge is 0.354 e. The van der Waals surface area contributed by atoms with Gasteiger partial charge in [-0.15, -0.1) is 0 Å². The fraction of sp³-hybridized carbons (Fsp3) is 0.829. The molecule has 2 N–H and O–H groups in total. The van der Waals surface area contributed by atoms with Crippen LogP contribution in [0.15, 0.2) is 11.6 Å². The number of likely N-dealkylation sites (tertiary alicyclic amines) is 2. The molecule has 0 bridgehead atoms. The summed E-state index contributed by atoms with van der Waals surface area (Å²) in [5.41, 5.74) is 0.0123. The molecule has 0 saturated carbocycles. The van der Waals surface area contributed by atoms with Gasteiger partial charge in [-0.05, 0) is 70.8 Å². The number of amides is 4. The SMILES string of the molecule is CCCCCCNC(=O)C1CCCN1C(=O)/C(C)=C/[C@H](C(C)C)N(C)C(=O)C(NC(=O)[C@H]1CCCCN1C(C)C)C(C)(C)C. The Morgan fingerprint density at radius 3 is 2.16 bits per heavy atom. The summed E-state index contributed by atoms with van der Waals surface area (Å²) in [7, 11) is 1.76. The van der Waals surface area contributed by atoms with Crippen LogP contribution in [0.2, 0.25) is 0 Å². The fourth-order valence-corrected chi connectivity index (χ4v) is 6.56. The number of carbonyl (C=O) groups excluding carboxylic acids is 4. The molecule has 4 amide bonds. The number of piperidine rings is 1. The van der Waals surface area contributed by atoms with Gasteiger partial charge in [0.25, 0.3) is 0 Å². The van der Waals surface area contributed by atoms with Gasteiger partial charge in [0.1, 0.15) is 12.1 Å². The predicted molar refractivity (Wildman–Crippen MR) is 178 cm³/mol. The highest BCUT2D eigenvalue weighted by molar-refractivity contribution is 5.97. The van der Waals surface area contributed by atoms with E-state index in [1.807, 2.05) is 40.7 Å². The first-order valence-electron chi connectivity index (χ1n) is 17.2. The molecule has 0 radical (unpaired) electrons. The van der Waals surface area contributed by atoms with Crippen LogP contribution in [0.1, 0.15) is 120 Å². The van der Waals surface area contributed by atoms with Gasteiger partial charge in [0.15, 0.2) is 0 Å². The zero-order chi connectivity index (χ0) is 33.2. The third-order valence-electron chi connectivity index (χ3n) is 9.29. The maximum absolute atomic E-state index is 14.1. The summed E-state index contributed by atoms with van der Waals surface area (Å²) >= 11 is 0. The second-order valence-corrected chi connectivity index (χ2v) is 14.7. The second kappa shape index (κ2) is 17.3. The van der Waals surface area contributed by atoms with Crippen LogP contribution in [-0.4, -0.2) is 95.2 Å². The predicted octanol–water partition coefficient (Wildman–Crippen LogP) is 4.90. The molecule has 2 aliphatic heterocycles. The summed E-state index contributed by atoms with van der Waals surface area (Å²) in [6.07, 6.45) is 10.5. The molecule has 0 spiro atoms. The van der Waals surface area contributed by atoms with E-state index >= 15 is 0 Å². The molecule has 0 aliphatic carbocycles. The van der Waals surface area contributed by atoms with E-state index in [9.17, 15) is 19.2 Å². The van der Waals surface area contributed by atoms with Gasteiger partial charge >= 0.3 is 0 Å². The van der Waals surface area contributed by atoms with E-state index in [0.29, 0.717) is 25.1 Å². The monoisotopic (exact) mass is 617 g/mol. The zero-order valence-corrected chi connectivity index (χ0v) is 29.5. The summed E-state index contributed by atoms with van der Waals surface area (Å²) in [6.45, 7) is 20.2. The third kappa shape index (κ3) is 10.3. The van der Waals surface area contributed by atoms with Crippen molar-refractivity contribution in [2.45, 2.75) is 150 Å². The Balaban J connectivity index is 2.19. The molecule has 2 unspecified atom stereocenters. The van der Waals surface area contributed by atoms with Crippen LogP contribution in [0.25, 0.3) is 0 Å². The lowest BCUT2D eigenvalue weighted by molar-refractivity contribution is -0.142. The average Bonchev–Trinajstić information content (AvgIpc) is 3.46. The summed E-state index contributed by atoms with van der Waals surface area (Å²) < 4.78 is 0. The van der Waals surface area contributed by atoms with Crippen molar-refractivity contribution in [3.05, 3.63) is 11.6 Å². The topological polar surface area (TPSA) is 102 Å². The number of nitrogens with one attached hydrogen (secondary N) is 2. The molecule has 2 saturated heterocycles. The molecule has 2 heterocycles. The first kappa shape index (κ1) is 37.8. The number of hydrogen-bond donors (Lipinski definition) is 2. The molecule has 9 nitrogen and oxygen atoms in total. The van der Waals surface area contributed by atoms with E-state index in [2.05, 4.69) is 36.3 Å². The first-order chi connectivity index (χ1) is 20.6. The van der Waals surface area contributed by atoms with E-state index in [-0.39, 0.29) is 47.7 Å². The van der Waals surface area contributed by atoms with E-state index in [1.54, 1.807) is 23.8 Å². The number of carbonyl (C=O) groups is 4. The molecule has 0 aromatic rings. The molecular weight excluding hydrogens is 554 g/mol. The Hall–Kier alpha value is -2.42. The number of nitrogens with zero attached hydrogens (tertiary/aromatic N) is 3. The molecular formula is C35H63N5O4. The highest BCUT2D eigenvalue weighted by Crippen LogP contribution is 2.27. The zero-order valence-electron chi connectivity index (χ0n) is 29.5. The molecule has 0 aromatic carbocycles. The highest BCUT2D eigenvalue weighted by atomic mass is 16.2. The number of hydrogen-bond acceptors (Lipinski definition) is 5. The van der Waals surface area contributed by atoms with Crippen LogP contribution in [-0.2, 0) is 19.2 Å². The Kier molecular flexibility index (Phi) is 14.9. The Bertz CT molecular complexity index is 1000. The number of unbranched alkanes of at least 4 members (excludes halogenated alkanes) is 3. The minimum absolute atomic E-state index is 0.0265. The minimum Gasteiger partial charge on any atom is -0.354 e. The molecule has 252 valence electrons. The molecule has 2 rings (SSSR count). The normalized spacial score (nSPS) is 21.4. The van der Waals surface area contributed by atoms with E-state index < -0.39 is 17.5 Å². The average molecular weight is 618 g/mol. The van der Waals surface area contributed by atoms with E-state index in [4.69, 9.17) is 0 Å². The quantitative estimate of drug-likeness (QED) is 0.213. The van der Waals surface area contributed by atoms with Crippen LogP contribution in [0.5, 0.6) is 0 Å². The van der Waals surface area contributed by atoms with Gasteiger partial charge in [-0.1, -0.05) is 73.3 Å². The lowest BCUT2D eigenvalue weighted by Gasteiger charge is -2.41. The van der Waals surface area contributed by atoms with Crippen molar-refractivity contribution in [3.8, 4) is 0 Å². The standard InChI is InChI=1S/C35H63N5O4/c1-11-12-13-15-20-36-31(41)27-19-17-22-40(27)33(43)26(6)23-29(24(2)3)38(10)34(44)30(35(7,8)9)37-32(42)28-18-14-16-21-39(28)25(4)5/h23-25,27-30H,11-22H2,1-10H3,(H,36,41)(H,37,42)/b26-23+/t27?,28-,29-,30?/m1/s1. The Morgan fingerprint density at radius 1 is 0.909 bits per heavy atom. The minimum atomic E-state index is -0.717. The van der Waals surface area contributed by atoms with E-state index in [0.717, 1.165) is 57.9 Å². The first-order valence-corrected chi connectivity index (χ1v) is 17.2. The van der Waals surface area contributed by atoms with Crippen molar-refractivity contribution in [2.24, 2.45) is 11.3 Å². The third-order valence-corrected chi connectivity index (χ3v) is 9.29. The van der Waals surface area contributed by atoms with Gasteiger partial charge in [-0.3, -0.25) is 24.1 Å². The maximum atomic E-state index is 14.1. The lowest BCUT2D eigenvalue weighted by Crippen LogP contribution is -2.60. The molecule has 2 aliphatic rings. The highest BCUT2D eigenvalue weighted by Gasteiger charge is 2.40. The fourth-order valence-electron chi connectivity index (χ4n) is 6.56. The van der Waals surface area contributed by atoms with Crippen LogP contribution in [0.4, 0.5) is 0 Å². The van der Waals surface area contributed by atoms with Crippen LogP contribution in [0, 0.1) is 11.3 Å². The van der Waals surface area contributed by atoms with Crippen LogP contribution < -0.4 is 10.6 Å². The molecule has 0 aromatic heterocycles. The maximum Gasteiger partial charge on any atom is 0.249 e. The van der Waals surface area contributed by atoms with Gasteiger partial charge in [0, 0.05) is 31.8 Å². The van der Waals surface area contributed by atoms with Crippen molar-refractivity contribution >= 4 is 23.6 Å². The van der Waals surface area contributed by atoms with Crippen molar-refractivity contribution in [3.63, 3.8) is 0 Å². The number of likely N-dealkylation sites (N-methyl/N-ethyl adjacent to an activating group) is 1. The van der Waals surface area contributed by atoms with Gasteiger partial charge in [-0.25, -0.2) is 0 Å². The lowest BCUT2D eigenvalue weighted by atomic mass is 9.84. The van der Waals surface area contributed by atoms with Gasteiger partial charge in [0.2, 0.25) is 23.6 Å². The van der Waals surface area contributed by atoms with Crippen molar-refractivity contribution in [1.82, 2.24) is 25.3 Å². The summed E-state index contributed by atoms with van der Waals surface area (Å²) in [4.78, 5) is 59.9.